The highest BCUT2D eigenvalue weighted by atomic mass is 16.5. The smallest absolute Gasteiger partial charge is 0.134 e. The van der Waals surface area contributed by atoms with Crippen LogP contribution in [0.4, 0.5) is 5.82 Å². The van der Waals surface area contributed by atoms with Crippen LogP contribution in [0.15, 0.2) is 18.3 Å². The Hall–Kier alpha value is -1.13. The number of aliphatic hydroxyl groups is 1. The maximum absolute atomic E-state index is 9.79. The van der Waals surface area contributed by atoms with Crippen LogP contribution in [0.3, 0.4) is 0 Å². The van der Waals surface area contributed by atoms with Crippen molar-refractivity contribution in [1.29, 1.82) is 0 Å². The highest BCUT2D eigenvalue weighted by molar-refractivity contribution is 5.49. The van der Waals surface area contributed by atoms with Gasteiger partial charge in [-0.2, -0.15) is 0 Å². The zero-order chi connectivity index (χ0) is 12.4. The molecule has 0 spiro atoms. The topological polar surface area (TPSA) is 45.6 Å². The minimum atomic E-state index is -0.496. The molecule has 17 heavy (non-hydrogen) atoms. The van der Waals surface area contributed by atoms with Crippen molar-refractivity contribution in [2.75, 3.05) is 18.1 Å². The standard InChI is InChI=1S/C13H20N2O2/c1-9-8-17-10(2)7-15(9)13-12(11(3)16)5-4-6-14-13/h4-6,9-11,16H,7-8H2,1-3H3/t9?,10?,11-/m0/s1. The summed E-state index contributed by atoms with van der Waals surface area (Å²) in [5, 5.41) is 9.79. The van der Waals surface area contributed by atoms with Crippen molar-refractivity contribution in [2.24, 2.45) is 0 Å². The number of nitrogens with zero attached hydrogens (tertiary/aromatic N) is 2. The first-order chi connectivity index (χ1) is 8.09. The van der Waals surface area contributed by atoms with E-state index in [0.29, 0.717) is 12.6 Å². The van der Waals surface area contributed by atoms with Crippen LogP contribution in [0.1, 0.15) is 32.4 Å². The lowest BCUT2D eigenvalue weighted by atomic mass is 10.1. The van der Waals surface area contributed by atoms with E-state index in [2.05, 4.69) is 23.7 Å². The molecule has 1 aliphatic rings. The lowest BCUT2D eigenvalue weighted by molar-refractivity contribution is 0.0337. The third-order valence-electron chi connectivity index (χ3n) is 3.15. The van der Waals surface area contributed by atoms with Crippen LogP contribution in [0, 0.1) is 0 Å². The van der Waals surface area contributed by atoms with E-state index in [1.807, 2.05) is 12.1 Å². The molecule has 4 heteroatoms. The van der Waals surface area contributed by atoms with Crippen molar-refractivity contribution >= 4 is 5.82 Å². The predicted molar refractivity (Wildman–Crippen MR) is 67.1 cm³/mol. The van der Waals surface area contributed by atoms with E-state index in [-0.39, 0.29) is 6.10 Å². The van der Waals surface area contributed by atoms with Crippen LogP contribution in [-0.4, -0.2) is 35.4 Å². The fourth-order valence-electron chi connectivity index (χ4n) is 2.17. The number of hydrogen-bond donors (Lipinski definition) is 1. The van der Waals surface area contributed by atoms with Gasteiger partial charge in [0.15, 0.2) is 0 Å². The molecule has 1 N–H and O–H groups in total. The highest BCUT2D eigenvalue weighted by Crippen LogP contribution is 2.27. The molecule has 0 aromatic carbocycles. The van der Waals surface area contributed by atoms with E-state index < -0.39 is 6.10 Å². The molecule has 94 valence electrons. The van der Waals surface area contributed by atoms with E-state index in [1.54, 1.807) is 13.1 Å². The lowest BCUT2D eigenvalue weighted by Gasteiger charge is -2.38. The van der Waals surface area contributed by atoms with Crippen LogP contribution in [-0.2, 0) is 4.74 Å². The summed E-state index contributed by atoms with van der Waals surface area (Å²) < 4.78 is 5.61. The van der Waals surface area contributed by atoms with Gasteiger partial charge >= 0.3 is 0 Å². The third kappa shape index (κ3) is 2.58. The van der Waals surface area contributed by atoms with Gasteiger partial charge < -0.3 is 14.7 Å². The third-order valence-corrected chi connectivity index (χ3v) is 3.15. The number of rotatable bonds is 2. The zero-order valence-corrected chi connectivity index (χ0v) is 10.6. The van der Waals surface area contributed by atoms with Crippen molar-refractivity contribution < 1.29 is 9.84 Å². The molecule has 2 heterocycles. The Kier molecular flexibility index (Phi) is 3.64. The monoisotopic (exact) mass is 236 g/mol. The molecule has 0 amide bonds. The van der Waals surface area contributed by atoms with E-state index >= 15 is 0 Å². The summed E-state index contributed by atoms with van der Waals surface area (Å²) in [7, 11) is 0. The molecular weight excluding hydrogens is 216 g/mol. The van der Waals surface area contributed by atoms with Crippen molar-refractivity contribution in [3.63, 3.8) is 0 Å². The number of hydrogen-bond acceptors (Lipinski definition) is 4. The molecule has 1 saturated heterocycles. The second-order valence-corrected chi connectivity index (χ2v) is 4.74. The first-order valence-corrected chi connectivity index (χ1v) is 6.10. The molecule has 2 unspecified atom stereocenters. The number of aromatic nitrogens is 1. The van der Waals surface area contributed by atoms with Gasteiger partial charge in [-0.05, 0) is 26.8 Å². The van der Waals surface area contributed by atoms with Gasteiger partial charge in [0.05, 0.1) is 24.9 Å². The lowest BCUT2D eigenvalue weighted by Crippen LogP contribution is -2.48. The van der Waals surface area contributed by atoms with E-state index in [9.17, 15) is 5.11 Å². The van der Waals surface area contributed by atoms with Crippen LogP contribution in [0.2, 0.25) is 0 Å². The van der Waals surface area contributed by atoms with Crippen molar-refractivity contribution in [3.05, 3.63) is 23.9 Å². The predicted octanol–water partition coefficient (Wildman–Crippen LogP) is 1.75. The van der Waals surface area contributed by atoms with Gasteiger partial charge in [0.25, 0.3) is 0 Å². The number of aliphatic hydroxyl groups excluding tert-OH is 1. The van der Waals surface area contributed by atoms with Crippen LogP contribution >= 0.6 is 0 Å². The maximum Gasteiger partial charge on any atom is 0.134 e. The quantitative estimate of drug-likeness (QED) is 0.849. The number of morpholine rings is 1. The molecule has 1 aromatic heterocycles. The summed E-state index contributed by atoms with van der Waals surface area (Å²) in [4.78, 5) is 6.64. The average molecular weight is 236 g/mol. The van der Waals surface area contributed by atoms with E-state index in [4.69, 9.17) is 4.74 Å². The van der Waals surface area contributed by atoms with Crippen molar-refractivity contribution in [1.82, 2.24) is 4.98 Å². The molecular formula is C13H20N2O2. The molecule has 1 aromatic rings. The van der Waals surface area contributed by atoms with E-state index in [1.165, 1.54) is 0 Å². The molecule has 0 radical (unpaired) electrons. The van der Waals surface area contributed by atoms with Gasteiger partial charge in [-0.3, -0.25) is 0 Å². The number of anilines is 1. The molecule has 4 nitrogen and oxygen atoms in total. The van der Waals surface area contributed by atoms with Gasteiger partial charge in [-0.25, -0.2) is 4.98 Å². The van der Waals surface area contributed by atoms with Gasteiger partial charge in [0.1, 0.15) is 5.82 Å². The van der Waals surface area contributed by atoms with Crippen LogP contribution in [0.25, 0.3) is 0 Å². The van der Waals surface area contributed by atoms with Gasteiger partial charge in [0, 0.05) is 18.3 Å². The fourth-order valence-corrected chi connectivity index (χ4v) is 2.17. The Balaban J connectivity index is 2.31. The Morgan fingerprint density at radius 3 is 3.00 bits per heavy atom. The summed E-state index contributed by atoms with van der Waals surface area (Å²) in [6.45, 7) is 7.47. The summed E-state index contributed by atoms with van der Waals surface area (Å²) >= 11 is 0. The van der Waals surface area contributed by atoms with Gasteiger partial charge in [-0.15, -0.1) is 0 Å². The second kappa shape index (κ2) is 5.02. The normalized spacial score (nSPS) is 26.9. The molecule has 3 atom stereocenters. The minimum Gasteiger partial charge on any atom is -0.389 e. The Morgan fingerprint density at radius 1 is 1.53 bits per heavy atom. The number of ether oxygens (including phenoxy) is 1. The summed E-state index contributed by atoms with van der Waals surface area (Å²) in [6, 6.07) is 4.08. The van der Waals surface area contributed by atoms with Crippen LogP contribution < -0.4 is 4.90 Å². The molecule has 2 rings (SSSR count). The van der Waals surface area contributed by atoms with Gasteiger partial charge in [-0.1, -0.05) is 6.07 Å². The van der Waals surface area contributed by atoms with Crippen molar-refractivity contribution in [3.8, 4) is 0 Å². The van der Waals surface area contributed by atoms with E-state index in [0.717, 1.165) is 17.9 Å². The first-order valence-electron chi connectivity index (χ1n) is 6.10. The minimum absolute atomic E-state index is 0.204. The first kappa shape index (κ1) is 12.3. The Bertz CT molecular complexity index is 381. The summed E-state index contributed by atoms with van der Waals surface area (Å²) in [6.07, 6.45) is 1.48. The molecule has 0 saturated carbocycles. The van der Waals surface area contributed by atoms with Crippen LogP contribution in [0.5, 0.6) is 0 Å². The molecule has 0 bridgehead atoms. The second-order valence-electron chi connectivity index (χ2n) is 4.74. The maximum atomic E-state index is 9.79. The number of pyridine rings is 1. The van der Waals surface area contributed by atoms with Crippen molar-refractivity contribution in [2.45, 2.75) is 39.0 Å². The highest BCUT2D eigenvalue weighted by Gasteiger charge is 2.26. The Morgan fingerprint density at radius 2 is 2.29 bits per heavy atom. The molecule has 0 aliphatic carbocycles. The Labute approximate surface area is 102 Å². The largest absolute Gasteiger partial charge is 0.389 e. The SMILES string of the molecule is CC1CN(c2ncccc2[C@H](C)O)C(C)CO1. The molecule has 1 aliphatic heterocycles. The molecule has 1 fully saturated rings. The summed E-state index contributed by atoms with van der Waals surface area (Å²) in [5.41, 5.74) is 0.883. The average Bonchev–Trinajstić information content (AvgIpc) is 2.32. The fraction of sp³-hybridized carbons (Fsp3) is 0.615. The van der Waals surface area contributed by atoms with Gasteiger partial charge in [0.2, 0.25) is 0 Å². The zero-order valence-electron chi connectivity index (χ0n) is 10.6. The summed E-state index contributed by atoms with van der Waals surface area (Å²) in [5.74, 6) is 0.880.